The Morgan fingerprint density at radius 3 is 2.54 bits per heavy atom. The Morgan fingerprint density at radius 2 is 1.77 bits per heavy atom. The van der Waals surface area contributed by atoms with Gasteiger partial charge in [-0.25, -0.2) is 18.7 Å². The summed E-state index contributed by atoms with van der Waals surface area (Å²) in [6, 6.07) is 17.1. The van der Waals surface area contributed by atoms with E-state index in [1.54, 1.807) is 41.2 Å². The summed E-state index contributed by atoms with van der Waals surface area (Å²) in [7, 11) is 1.35. The second-order valence-electron chi connectivity index (χ2n) is 5.75. The number of carbonyl (C=O) groups excluding carboxylic acids is 1. The van der Waals surface area contributed by atoms with Crippen LogP contribution in [0.2, 0.25) is 0 Å². The molecule has 0 spiro atoms. The van der Waals surface area contributed by atoms with Gasteiger partial charge in [0, 0.05) is 11.1 Å². The van der Waals surface area contributed by atoms with Crippen molar-refractivity contribution in [2.24, 2.45) is 0 Å². The van der Waals surface area contributed by atoms with E-state index in [1.165, 1.54) is 19.2 Å². The molecule has 0 aliphatic carbocycles. The van der Waals surface area contributed by atoms with E-state index in [0.29, 0.717) is 11.3 Å². The molecule has 0 saturated heterocycles. The van der Waals surface area contributed by atoms with Crippen LogP contribution >= 0.6 is 0 Å². The first-order chi connectivity index (χ1) is 12.6. The number of esters is 1. The standard InChI is InChI=1S/C20H14FN3O2/c1-26-20(25)15-4-2-3-14(9-15)18-10-17-11-19(23-24(17)12-22-18)13-5-7-16(21)8-6-13/h2-12H,1H3. The second-order valence-corrected chi connectivity index (χ2v) is 5.75. The van der Waals surface area contributed by atoms with Crippen LogP contribution in [0.1, 0.15) is 10.4 Å². The molecule has 0 bridgehead atoms. The van der Waals surface area contributed by atoms with Crippen LogP contribution in [0.25, 0.3) is 28.0 Å². The normalized spacial score (nSPS) is 10.8. The fourth-order valence-electron chi connectivity index (χ4n) is 2.75. The number of benzene rings is 2. The minimum absolute atomic E-state index is 0.285. The van der Waals surface area contributed by atoms with Crippen LogP contribution in [0.3, 0.4) is 0 Å². The summed E-state index contributed by atoms with van der Waals surface area (Å²) in [5, 5.41) is 4.46. The number of ether oxygens (including phenoxy) is 1. The van der Waals surface area contributed by atoms with E-state index in [-0.39, 0.29) is 5.82 Å². The van der Waals surface area contributed by atoms with E-state index in [0.717, 1.165) is 22.3 Å². The number of fused-ring (bicyclic) bond motifs is 1. The van der Waals surface area contributed by atoms with Crippen LogP contribution < -0.4 is 0 Å². The van der Waals surface area contributed by atoms with Gasteiger partial charge in [0.25, 0.3) is 0 Å². The number of hydrogen-bond donors (Lipinski definition) is 0. The SMILES string of the molecule is COC(=O)c1cccc(-c2cc3cc(-c4ccc(F)cc4)nn3cn2)c1. The number of rotatable bonds is 3. The van der Waals surface area contributed by atoms with Gasteiger partial charge in [-0.3, -0.25) is 0 Å². The van der Waals surface area contributed by atoms with E-state index in [1.807, 2.05) is 18.2 Å². The average Bonchev–Trinajstić information content (AvgIpc) is 3.11. The number of aromatic nitrogens is 3. The molecule has 0 N–H and O–H groups in total. The van der Waals surface area contributed by atoms with Crippen LogP contribution in [0.5, 0.6) is 0 Å². The lowest BCUT2D eigenvalue weighted by Crippen LogP contribution is -2.01. The van der Waals surface area contributed by atoms with Gasteiger partial charge in [0.2, 0.25) is 0 Å². The predicted octanol–water partition coefficient (Wildman–Crippen LogP) is 3.99. The summed E-state index contributed by atoms with van der Waals surface area (Å²) in [6.07, 6.45) is 1.61. The predicted molar refractivity (Wildman–Crippen MR) is 95.2 cm³/mol. The third kappa shape index (κ3) is 2.93. The van der Waals surface area contributed by atoms with Crippen LogP contribution in [0.15, 0.2) is 67.0 Å². The quantitative estimate of drug-likeness (QED) is 0.526. The molecule has 2 aromatic carbocycles. The molecule has 0 aliphatic heterocycles. The Hall–Kier alpha value is -3.54. The molecular weight excluding hydrogens is 333 g/mol. The Morgan fingerprint density at radius 1 is 1.00 bits per heavy atom. The highest BCUT2D eigenvalue weighted by atomic mass is 19.1. The monoisotopic (exact) mass is 347 g/mol. The van der Waals surface area contributed by atoms with E-state index >= 15 is 0 Å². The van der Waals surface area contributed by atoms with Gasteiger partial charge in [-0.15, -0.1) is 0 Å². The Bertz CT molecular complexity index is 1100. The molecule has 5 nitrogen and oxygen atoms in total. The van der Waals surface area contributed by atoms with E-state index in [9.17, 15) is 9.18 Å². The maximum atomic E-state index is 13.1. The van der Waals surface area contributed by atoms with Crippen molar-refractivity contribution < 1.29 is 13.9 Å². The molecule has 0 unspecified atom stereocenters. The number of carbonyl (C=O) groups is 1. The number of hydrogen-bond acceptors (Lipinski definition) is 4. The van der Waals surface area contributed by atoms with Crippen molar-refractivity contribution in [3.63, 3.8) is 0 Å². The van der Waals surface area contributed by atoms with Gasteiger partial charge in [-0.1, -0.05) is 12.1 Å². The number of nitrogens with zero attached hydrogens (tertiary/aromatic N) is 3. The van der Waals surface area contributed by atoms with Crippen molar-refractivity contribution in [2.75, 3.05) is 7.11 Å². The Balaban J connectivity index is 1.74. The van der Waals surface area contributed by atoms with Crippen molar-refractivity contribution in [1.29, 1.82) is 0 Å². The van der Waals surface area contributed by atoms with Crippen molar-refractivity contribution in [3.8, 4) is 22.5 Å². The Labute approximate surface area is 148 Å². The first-order valence-corrected chi connectivity index (χ1v) is 7.94. The third-order valence-electron chi connectivity index (χ3n) is 4.07. The highest BCUT2D eigenvalue weighted by Crippen LogP contribution is 2.24. The molecule has 4 aromatic rings. The molecule has 0 saturated carbocycles. The molecule has 0 aliphatic rings. The van der Waals surface area contributed by atoms with Crippen molar-refractivity contribution >= 4 is 11.5 Å². The summed E-state index contributed by atoms with van der Waals surface area (Å²) in [4.78, 5) is 16.1. The average molecular weight is 347 g/mol. The van der Waals surface area contributed by atoms with Crippen LogP contribution in [-0.2, 0) is 4.74 Å². The van der Waals surface area contributed by atoms with Crippen molar-refractivity contribution in [2.45, 2.75) is 0 Å². The van der Waals surface area contributed by atoms with Gasteiger partial charge < -0.3 is 4.74 Å². The molecule has 2 heterocycles. The van der Waals surface area contributed by atoms with Crippen LogP contribution in [-0.4, -0.2) is 27.7 Å². The molecule has 2 aromatic heterocycles. The summed E-state index contributed by atoms with van der Waals surface area (Å²) >= 11 is 0. The summed E-state index contributed by atoms with van der Waals surface area (Å²) in [5.74, 6) is -0.678. The zero-order valence-corrected chi connectivity index (χ0v) is 13.9. The first-order valence-electron chi connectivity index (χ1n) is 7.94. The zero-order chi connectivity index (χ0) is 18.1. The fourth-order valence-corrected chi connectivity index (χ4v) is 2.75. The highest BCUT2D eigenvalue weighted by Gasteiger charge is 2.10. The fraction of sp³-hybridized carbons (Fsp3) is 0.0500. The lowest BCUT2D eigenvalue weighted by atomic mass is 10.1. The highest BCUT2D eigenvalue weighted by molar-refractivity contribution is 5.90. The van der Waals surface area contributed by atoms with Gasteiger partial charge in [0.15, 0.2) is 0 Å². The van der Waals surface area contributed by atoms with Crippen LogP contribution in [0, 0.1) is 5.82 Å². The molecule has 0 radical (unpaired) electrons. The smallest absolute Gasteiger partial charge is 0.337 e. The summed E-state index contributed by atoms with van der Waals surface area (Å²) in [5.41, 5.74) is 4.38. The third-order valence-corrected chi connectivity index (χ3v) is 4.07. The lowest BCUT2D eigenvalue weighted by Gasteiger charge is -2.04. The number of halogens is 1. The van der Waals surface area contributed by atoms with E-state index in [4.69, 9.17) is 4.74 Å². The first kappa shape index (κ1) is 16.0. The number of methoxy groups -OCH3 is 1. The van der Waals surface area contributed by atoms with E-state index in [2.05, 4.69) is 10.1 Å². The minimum Gasteiger partial charge on any atom is -0.465 e. The second kappa shape index (κ2) is 6.40. The zero-order valence-electron chi connectivity index (χ0n) is 13.9. The topological polar surface area (TPSA) is 56.5 Å². The van der Waals surface area contributed by atoms with Gasteiger partial charge in [0.1, 0.15) is 12.1 Å². The van der Waals surface area contributed by atoms with Gasteiger partial charge in [-0.2, -0.15) is 5.10 Å². The van der Waals surface area contributed by atoms with Gasteiger partial charge >= 0.3 is 5.97 Å². The molecule has 0 fully saturated rings. The molecule has 4 rings (SSSR count). The van der Waals surface area contributed by atoms with Crippen molar-refractivity contribution in [1.82, 2.24) is 14.6 Å². The molecular formula is C20H14FN3O2. The van der Waals surface area contributed by atoms with Crippen LogP contribution in [0.4, 0.5) is 4.39 Å². The van der Waals surface area contributed by atoms with Gasteiger partial charge in [0.05, 0.1) is 29.6 Å². The molecule has 26 heavy (non-hydrogen) atoms. The summed E-state index contributed by atoms with van der Waals surface area (Å²) in [6.45, 7) is 0. The lowest BCUT2D eigenvalue weighted by molar-refractivity contribution is 0.0601. The molecule has 0 atom stereocenters. The maximum absolute atomic E-state index is 13.1. The van der Waals surface area contributed by atoms with Crippen molar-refractivity contribution in [3.05, 3.63) is 78.4 Å². The molecule has 0 amide bonds. The summed E-state index contributed by atoms with van der Waals surface area (Å²) < 4.78 is 19.5. The van der Waals surface area contributed by atoms with Gasteiger partial charge in [-0.05, 0) is 48.5 Å². The Kier molecular flexibility index (Phi) is 3.93. The largest absolute Gasteiger partial charge is 0.465 e. The van der Waals surface area contributed by atoms with E-state index < -0.39 is 5.97 Å². The maximum Gasteiger partial charge on any atom is 0.337 e. The molecule has 128 valence electrons. The minimum atomic E-state index is -0.393. The molecule has 6 heteroatoms.